The van der Waals surface area contributed by atoms with Crippen LogP contribution in [0.4, 0.5) is 0 Å². The molecule has 1 saturated carbocycles. The van der Waals surface area contributed by atoms with E-state index in [1.165, 1.54) is 19.2 Å². The summed E-state index contributed by atoms with van der Waals surface area (Å²) in [5.41, 5.74) is 0.784. The van der Waals surface area contributed by atoms with E-state index in [0.717, 1.165) is 18.5 Å². The molecule has 0 aliphatic heterocycles. The molecule has 0 spiro atoms. The molecule has 3 heterocycles. The summed E-state index contributed by atoms with van der Waals surface area (Å²) in [4.78, 5) is 31.0. The minimum atomic E-state index is -0.391. The van der Waals surface area contributed by atoms with Crippen molar-refractivity contribution in [3.63, 3.8) is 0 Å². The number of nitrogens with zero attached hydrogens (tertiary/aromatic N) is 3. The molecule has 3 aromatic heterocycles. The Balaban J connectivity index is 1.51. The molecule has 3 aromatic rings. The van der Waals surface area contributed by atoms with Crippen LogP contribution < -0.4 is 10.9 Å². The Morgan fingerprint density at radius 1 is 1.44 bits per heavy atom. The Morgan fingerprint density at radius 3 is 3.04 bits per heavy atom. The van der Waals surface area contributed by atoms with E-state index in [0.29, 0.717) is 18.3 Å². The summed E-state index contributed by atoms with van der Waals surface area (Å²) in [5.74, 6) is -0.00153. The van der Waals surface area contributed by atoms with E-state index in [2.05, 4.69) is 20.4 Å². The number of carbonyl (C=O) groups excluding carboxylic acids is 1. The summed E-state index contributed by atoms with van der Waals surface area (Å²) in [5, 5.41) is 7.53. The second kappa shape index (κ2) is 6.19. The van der Waals surface area contributed by atoms with Gasteiger partial charge in [0.25, 0.3) is 11.5 Å². The number of amides is 1. The van der Waals surface area contributed by atoms with Gasteiger partial charge in [-0.1, -0.05) is 12.8 Å². The topological polar surface area (TPSA) is 106 Å². The average Bonchev–Trinajstić information content (AvgIpc) is 3.31. The van der Waals surface area contributed by atoms with Gasteiger partial charge in [0.15, 0.2) is 0 Å². The second-order valence-electron chi connectivity index (χ2n) is 6.35. The molecule has 8 heteroatoms. The predicted octanol–water partition coefficient (Wildman–Crippen LogP) is 2.07. The van der Waals surface area contributed by atoms with E-state index >= 15 is 0 Å². The van der Waals surface area contributed by atoms with Gasteiger partial charge in [-0.3, -0.25) is 14.3 Å². The number of H-pyrrole nitrogens is 1. The SMILES string of the molecule is Cc1oc2nc[nH]c(=O)c2c1C(=O)NCc1ccn(C2CCCC2)n1. The van der Waals surface area contributed by atoms with Gasteiger partial charge in [-0.05, 0) is 25.8 Å². The molecule has 0 saturated heterocycles. The van der Waals surface area contributed by atoms with Crippen molar-refractivity contribution in [2.75, 3.05) is 0 Å². The van der Waals surface area contributed by atoms with Crippen LogP contribution in [0.25, 0.3) is 11.1 Å². The van der Waals surface area contributed by atoms with Crippen molar-refractivity contribution in [3.8, 4) is 0 Å². The van der Waals surface area contributed by atoms with Gasteiger partial charge in [-0.2, -0.15) is 5.10 Å². The van der Waals surface area contributed by atoms with E-state index < -0.39 is 5.56 Å². The summed E-state index contributed by atoms with van der Waals surface area (Å²) in [6, 6.07) is 2.38. The lowest BCUT2D eigenvalue weighted by Crippen LogP contribution is -2.25. The smallest absolute Gasteiger partial charge is 0.262 e. The minimum absolute atomic E-state index is 0.164. The zero-order valence-corrected chi connectivity index (χ0v) is 13.9. The van der Waals surface area contributed by atoms with Crippen LogP contribution in [0.2, 0.25) is 0 Å². The number of aromatic amines is 1. The number of furan rings is 1. The van der Waals surface area contributed by atoms with Crippen molar-refractivity contribution in [2.45, 2.75) is 45.2 Å². The molecule has 130 valence electrons. The Morgan fingerprint density at radius 2 is 2.24 bits per heavy atom. The lowest BCUT2D eigenvalue weighted by molar-refractivity contribution is 0.0950. The molecule has 4 rings (SSSR count). The number of hydrogen-bond donors (Lipinski definition) is 2. The summed E-state index contributed by atoms with van der Waals surface area (Å²) in [6.45, 7) is 1.94. The van der Waals surface area contributed by atoms with Crippen LogP contribution in [0.3, 0.4) is 0 Å². The fourth-order valence-electron chi connectivity index (χ4n) is 3.43. The van der Waals surface area contributed by atoms with Crippen LogP contribution in [0.15, 0.2) is 27.8 Å². The first-order valence-electron chi connectivity index (χ1n) is 8.42. The van der Waals surface area contributed by atoms with Crippen LogP contribution >= 0.6 is 0 Å². The Kier molecular flexibility index (Phi) is 3.87. The first-order valence-corrected chi connectivity index (χ1v) is 8.42. The highest BCUT2D eigenvalue weighted by atomic mass is 16.3. The third-order valence-corrected chi connectivity index (χ3v) is 4.69. The Bertz CT molecular complexity index is 978. The number of rotatable bonds is 4. The summed E-state index contributed by atoms with van der Waals surface area (Å²) in [7, 11) is 0. The van der Waals surface area contributed by atoms with Crippen LogP contribution in [0.5, 0.6) is 0 Å². The molecule has 8 nitrogen and oxygen atoms in total. The van der Waals surface area contributed by atoms with Crippen molar-refractivity contribution < 1.29 is 9.21 Å². The molecule has 1 amide bonds. The first kappa shape index (κ1) is 15.6. The number of aromatic nitrogens is 4. The van der Waals surface area contributed by atoms with Gasteiger partial charge in [-0.25, -0.2) is 4.98 Å². The van der Waals surface area contributed by atoms with Gasteiger partial charge in [0.1, 0.15) is 11.1 Å². The van der Waals surface area contributed by atoms with E-state index in [1.54, 1.807) is 6.92 Å². The molecule has 0 aromatic carbocycles. The number of aryl methyl sites for hydroxylation is 1. The van der Waals surface area contributed by atoms with Gasteiger partial charge in [0.05, 0.1) is 30.2 Å². The zero-order valence-electron chi connectivity index (χ0n) is 13.9. The molecule has 0 radical (unpaired) electrons. The van der Waals surface area contributed by atoms with Gasteiger partial charge in [-0.15, -0.1) is 0 Å². The maximum atomic E-state index is 12.5. The highest BCUT2D eigenvalue weighted by molar-refractivity contribution is 6.06. The maximum Gasteiger partial charge on any atom is 0.262 e. The summed E-state index contributed by atoms with van der Waals surface area (Å²) in [6.07, 6.45) is 8.01. The molecule has 1 aliphatic rings. The number of hydrogen-bond acceptors (Lipinski definition) is 5. The summed E-state index contributed by atoms with van der Waals surface area (Å²) >= 11 is 0. The van der Waals surface area contributed by atoms with Gasteiger partial charge >= 0.3 is 0 Å². The lowest BCUT2D eigenvalue weighted by atomic mass is 10.2. The van der Waals surface area contributed by atoms with Gasteiger partial charge in [0.2, 0.25) is 5.71 Å². The van der Waals surface area contributed by atoms with E-state index in [9.17, 15) is 9.59 Å². The van der Waals surface area contributed by atoms with Crippen molar-refractivity contribution in [1.29, 1.82) is 0 Å². The molecule has 0 unspecified atom stereocenters. The fourth-order valence-corrected chi connectivity index (χ4v) is 3.43. The molecular formula is C17H19N5O3. The second-order valence-corrected chi connectivity index (χ2v) is 6.35. The van der Waals surface area contributed by atoms with Gasteiger partial charge in [0, 0.05) is 6.20 Å². The first-order chi connectivity index (χ1) is 12.1. The van der Waals surface area contributed by atoms with Crippen LogP contribution in [-0.2, 0) is 6.54 Å². The number of nitrogens with one attached hydrogen (secondary N) is 2. The Labute approximate surface area is 143 Å². The normalized spacial score (nSPS) is 15.1. The molecule has 2 N–H and O–H groups in total. The standard InChI is InChI=1S/C17H19N5O3/c1-10-13(14-16(24)19-9-20-17(14)25-10)15(23)18-8-11-6-7-22(21-11)12-4-2-3-5-12/h6-7,9,12H,2-5,8H2,1H3,(H,18,23)(H,19,20,24). The third-order valence-electron chi connectivity index (χ3n) is 4.69. The van der Waals surface area contributed by atoms with E-state index in [1.807, 2.05) is 16.9 Å². The lowest BCUT2D eigenvalue weighted by Gasteiger charge is -2.09. The fraction of sp³-hybridized carbons (Fsp3) is 0.412. The molecule has 0 atom stereocenters. The average molecular weight is 341 g/mol. The number of carbonyl (C=O) groups is 1. The zero-order chi connectivity index (χ0) is 17.4. The molecule has 0 bridgehead atoms. The highest BCUT2D eigenvalue weighted by Crippen LogP contribution is 2.28. The van der Waals surface area contributed by atoms with Crippen molar-refractivity contribution in [2.24, 2.45) is 0 Å². The highest BCUT2D eigenvalue weighted by Gasteiger charge is 2.22. The number of fused-ring (bicyclic) bond motifs is 1. The quantitative estimate of drug-likeness (QED) is 0.755. The van der Waals surface area contributed by atoms with Crippen molar-refractivity contribution >= 4 is 17.0 Å². The predicted molar refractivity (Wildman–Crippen MR) is 90.3 cm³/mol. The summed E-state index contributed by atoms with van der Waals surface area (Å²) < 4.78 is 7.40. The molecule has 1 aliphatic carbocycles. The van der Waals surface area contributed by atoms with E-state index in [-0.39, 0.29) is 22.6 Å². The monoisotopic (exact) mass is 341 g/mol. The molecule has 25 heavy (non-hydrogen) atoms. The van der Waals surface area contributed by atoms with Crippen LogP contribution in [0.1, 0.15) is 53.5 Å². The Hall–Kier alpha value is -2.90. The van der Waals surface area contributed by atoms with Crippen molar-refractivity contribution in [1.82, 2.24) is 25.1 Å². The van der Waals surface area contributed by atoms with E-state index in [4.69, 9.17) is 4.42 Å². The molecule has 1 fully saturated rings. The minimum Gasteiger partial charge on any atom is -0.442 e. The molecular weight excluding hydrogens is 322 g/mol. The van der Waals surface area contributed by atoms with Crippen LogP contribution in [0, 0.1) is 6.92 Å². The third kappa shape index (κ3) is 2.84. The van der Waals surface area contributed by atoms with Gasteiger partial charge < -0.3 is 14.7 Å². The van der Waals surface area contributed by atoms with Crippen molar-refractivity contribution in [3.05, 3.63) is 46.0 Å². The van der Waals surface area contributed by atoms with Crippen LogP contribution in [-0.4, -0.2) is 25.7 Å². The maximum absolute atomic E-state index is 12.5. The largest absolute Gasteiger partial charge is 0.442 e.